The Kier molecular flexibility index (Phi) is 5.88. The third-order valence-electron chi connectivity index (χ3n) is 5.12. The fraction of sp³-hybridized carbons (Fsp3) is 0.120. The predicted molar refractivity (Wildman–Crippen MR) is 125 cm³/mol. The van der Waals surface area contributed by atoms with Gasteiger partial charge in [0, 0.05) is 23.6 Å². The predicted octanol–water partition coefficient (Wildman–Crippen LogP) is 5.81. The van der Waals surface area contributed by atoms with Crippen LogP contribution in [0, 0.1) is 6.92 Å². The van der Waals surface area contributed by atoms with Gasteiger partial charge in [0.05, 0.1) is 11.4 Å². The van der Waals surface area contributed by atoms with Crippen LogP contribution in [0.2, 0.25) is 5.02 Å². The lowest BCUT2D eigenvalue weighted by Crippen LogP contribution is -2.15. The molecule has 4 rings (SSSR count). The summed E-state index contributed by atoms with van der Waals surface area (Å²) in [7, 11) is 1.87. The summed E-state index contributed by atoms with van der Waals surface area (Å²) in [5.74, 6) is -0.169. The van der Waals surface area contributed by atoms with Crippen molar-refractivity contribution < 1.29 is 19.4 Å². The summed E-state index contributed by atoms with van der Waals surface area (Å²) in [6, 6.07) is 19.8. The van der Waals surface area contributed by atoms with Crippen LogP contribution in [0.25, 0.3) is 10.9 Å². The van der Waals surface area contributed by atoms with E-state index in [1.165, 1.54) is 0 Å². The molecule has 0 spiro atoms. The number of aromatic nitrogens is 1. The molecule has 0 unspecified atom stereocenters. The topological polar surface area (TPSA) is 80.6 Å². The smallest absolute Gasteiger partial charge is 0.307 e. The van der Waals surface area contributed by atoms with Crippen molar-refractivity contribution in [1.82, 2.24) is 4.57 Å². The second kappa shape index (κ2) is 8.77. The fourth-order valence-electron chi connectivity index (χ4n) is 3.53. The zero-order chi connectivity index (χ0) is 22.8. The summed E-state index contributed by atoms with van der Waals surface area (Å²) in [5, 5.41) is 13.1. The number of hydrogen-bond donors (Lipinski definition) is 2. The minimum Gasteiger partial charge on any atom is -0.481 e. The van der Waals surface area contributed by atoms with Gasteiger partial charge in [0.25, 0.3) is 5.91 Å². The molecule has 0 saturated carbocycles. The van der Waals surface area contributed by atoms with Crippen molar-refractivity contribution in [2.75, 3.05) is 5.32 Å². The van der Waals surface area contributed by atoms with Crippen LogP contribution in [0.1, 0.15) is 21.6 Å². The summed E-state index contributed by atoms with van der Waals surface area (Å²) in [6.45, 7) is 2.02. The maximum atomic E-state index is 12.8. The van der Waals surface area contributed by atoms with E-state index in [4.69, 9.17) is 21.4 Å². The van der Waals surface area contributed by atoms with E-state index in [0.29, 0.717) is 33.5 Å². The molecule has 32 heavy (non-hydrogen) atoms. The first kappa shape index (κ1) is 21.5. The van der Waals surface area contributed by atoms with Crippen LogP contribution in [0.5, 0.6) is 11.5 Å². The first-order valence-electron chi connectivity index (χ1n) is 9.96. The number of fused-ring (bicyclic) bond motifs is 1. The molecule has 0 aliphatic carbocycles. The van der Waals surface area contributed by atoms with Crippen molar-refractivity contribution in [1.29, 1.82) is 0 Å². The molecule has 1 aromatic heterocycles. The molecule has 2 N–H and O–H groups in total. The van der Waals surface area contributed by atoms with Gasteiger partial charge in [-0.3, -0.25) is 9.59 Å². The van der Waals surface area contributed by atoms with Crippen molar-refractivity contribution in [3.05, 3.63) is 88.6 Å². The van der Waals surface area contributed by atoms with E-state index < -0.39 is 5.97 Å². The number of carboxylic acid groups (broad SMARTS) is 1. The number of ether oxygens (including phenoxy) is 1. The number of hydrogen-bond acceptors (Lipinski definition) is 3. The summed E-state index contributed by atoms with van der Waals surface area (Å²) in [6.07, 6.45) is -0.106. The van der Waals surface area contributed by atoms with Crippen molar-refractivity contribution in [2.45, 2.75) is 13.3 Å². The second-order valence-corrected chi connectivity index (χ2v) is 7.97. The number of aliphatic carboxylic acids is 1. The maximum absolute atomic E-state index is 12.8. The van der Waals surface area contributed by atoms with E-state index in [-0.39, 0.29) is 12.3 Å². The molecular formula is C25H21ClN2O4. The first-order chi connectivity index (χ1) is 15.3. The lowest BCUT2D eigenvalue weighted by atomic mass is 10.1. The van der Waals surface area contributed by atoms with Gasteiger partial charge in [0.2, 0.25) is 0 Å². The van der Waals surface area contributed by atoms with Crippen molar-refractivity contribution in [3.8, 4) is 11.5 Å². The number of aryl methyl sites for hydroxylation is 2. The molecule has 162 valence electrons. The number of carboxylic acids is 1. The summed E-state index contributed by atoms with van der Waals surface area (Å²) < 4.78 is 7.66. The number of carbonyl (C=O) groups is 2. The van der Waals surface area contributed by atoms with Crippen molar-refractivity contribution >= 4 is 40.1 Å². The van der Waals surface area contributed by atoms with E-state index in [0.717, 1.165) is 16.5 Å². The van der Waals surface area contributed by atoms with E-state index in [2.05, 4.69) is 11.4 Å². The van der Waals surface area contributed by atoms with Crippen LogP contribution in [0.3, 0.4) is 0 Å². The minimum atomic E-state index is -0.925. The molecule has 0 bridgehead atoms. The van der Waals surface area contributed by atoms with Crippen LogP contribution in [0.4, 0.5) is 5.69 Å². The Bertz CT molecular complexity index is 1330. The maximum Gasteiger partial charge on any atom is 0.307 e. The molecule has 0 aliphatic heterocycles. The molecule has 4 aromatic rings. The number of nitrogens with one attached hydrogen (secondary N) is 1. The zero-order valence-corrected chi connectivity index (χ0v) is 18.3. The van der Waals surface area contributed by atoms with Gasteiger partial charge in [0.1, 0.15) is 17.2 Å². The fourth-order valence-corrected chi connectivity index (χ4v) is 3.77. The van der Waals surface area contributed by atoms with Gasteiger partial charge < -0.3 is 19.7 Å². The highest BCUT2D eigenvalue weighted by atomic mass is 35.5. The quantitative estimate of drug-likeness (QED) is 0.390. The standard InChI is InChI=1S/C25H21ClN2O4/c1-15-3-9-21-17(11-15)14-22(28(21)2)25(31)27-18-5-7-19(8-6-18)32-23-10-4-16(12-20(23)26)13-24(29)30/h3-12,14H,13H2,1-2H3,(H,27,31)(H,29,30). The monoisotopic (exact) mass is 448 g/mol. The zero-order valence-electron chi connectivity index (χ0n) is 17.6. The van der Waals surface area contributed by atoms with E-state index in [1.54, 1.807) is 42.5 Å². The van der Waals surface area contributed by atoms with Gasteiger partial charge in [0.15, 0.2) is 0 Å². The lowest BCUT2D eigenvalue weighted by Gasteiger charge is -2.10. The highest BCUT2D eigenvalue weighted by Gasteiger charge is 2.14. The summed E-state index contributed by atoms with van der Waals surface area (Å²) in [5.41, 5.74) is 3.93. The Hall–Kier alpha value is -3.77. The Morgan fingerprint density at radius 1 is 1.03 bits per heavy atom. The number of carbonyl (C=O) groups excluding carboxylic acids is 1. The van der Waals surface area contributed by atoms with Crippen LogP contribution >= 0.6 is 11.6 Å². The molecule has 0 radical (unpaired) electrons. The molecule has 0 aliphatic rings. The molecule has 7 heteroatoms. The lowest BCUT2D eigenvalue weighted by molar-refractivity contribution is -0.136. The highest BCUT2D eigenvalue weighted by molar-refractivity contribution is 6.32. The van der Waals surface area contributed by atoms with Crippen molar-refractivity contribution in [3.63, 3.8) is 0 Å². The van der Waals surface area contributed by atoms with Gasteiger partial charge in [-0.05, 0) is 67.1 Å². The molecule has 3 aromatic carbocycles. The SMILES string of the molecule is Cc1ccc2c(c1)cc(C(=O)Nc1ccc(Oc3ccc(CC(=O)O)cc3Cl)cc1)n2C. The Morgan fingerprint density at radius 3 is 2.47 bits per heavy atom. The number of anilines is 1. The number of benzene rings is 3. The van der Waals surface area contributed by atoms with E-state index >= 15 is 0 Å². The molecular weight excluding hydrogens is 428 g/mol. The molecule has 0 atom stereocenters. The average Bonchev–Trinajstić information content (AvgIpc) is 3.06. The van der Waals surface area contributed by atoms with Crippen molar-refractivity contribution in [2.24, 2.45) is 7.05 Å². The molecule has 0 fully saturated rings. The first-order valence-corrected chi connectivity index (χ1v) is 10.3. The summed E-state index contributed by atoms with van der Waals surface area (Å²) in [4.78, 5) is 23.6. The van der Waals surface area contributed by atoms with E-state index in [1.807, 2.05) is 36.7 Å². The van der Waals surface area contributed by atoms with Gasteiger partial charge in [-0.25, -0.2) is 0 Å². The number of halogens is 1. The van der Waals surface area contributed by atoms with Crippen LogP contribution < -0.4 is 10.1 Å². The number of nitrogens with zero attached hydrogens (tertiary/aromatic N) is 1. The van der Waals surface area contributed by atoms with Gasteiger partial charge in [-0.2, -0.15) is 0 Å². The van der Waals surface area contributed by atoms with Crippen LogP contribution in [0.15, 0.2) is 66.7 Å². The van der Waals surface area contributed by atoms with Crippen LogP contribution in [-0.2, 0) is 18.3 Å². The van der Waals surface area contributed by atoms with Crippen LogP contribution in [-0.4, -0.2) is 21.6 Å². The third-order valence-corrected chi connectivity index (χ3v) is 5.42. The Labute approximate surface area is 190 Å². The van der Waals surface area contributed by atoms with Gasteiger partial charge >= 0.3 is 5.97 Å². The molecule has 1 amide bonds. The van der Waals surface area contributed by atoms with Gasteiger partial charge in [-0.15, -0.1) is 0 Å². The highest BCUT2D eigenvalue weighted by Crippen LogP contribution is 2.31. The summed E-state index contributed by atoms with van der Waals surface area (Å²) >= 11 is 6.21. The second-order valence-electron chi connectivity index (χ2n) is 7.57. The number of amides is 1. The van der Waals surface area contributed by atoms with E-state index in [9.17, 15) is 9.59 Å². The Morgan fingerprint density at radius 2 is 1.78 bits per heavy atom. The molecule has 0 saturated heterocycles. The molecule has 1 heterocycles. The normalized spacial score (nSPS) is 10.8. The largest absolute Gasteiger partial charge is 0.481 e. The Balaban J connectivity index is 1.46. The van der Waals surface area contributed by atoms with Gasteiger partial charge in [-0.1, -0.05) is 29.3 Å². The average molecular weight is 449 g/mol. The molecule has 6 nitrogen and oxygen atoms in total. The number of rotatable bonds is 6. The third kappa shape index (κ3) is 4.60. The minimum absolute atomic E-state index is 0.106.